The number of fused-ring (bicyclic) bond motifs is 3. The number of anilines is 1. The van der Waals surface area contributed by atoms with Crippen LogP contribution in [0.5, 0.6) is 0 Å². The number of amides is 1. The second-order valence-electron chi connectivity index (χ2n) is 6.39. The molecule has 0 bridgehead atoms. The maximum Gasteiger partial charge on any atom is 0.414 e. The van der Waals surface area contributed by atoms with Crippen molar-refractivity contribution in [1.29, 1.82) is 0 Å². The van der Waals surface area contributed by atoms with E-state index in [1.165, 1.54) is 0 Å². The van der Waals surface area contributed by atoms with Crippen molar-refractivity contribution in [2.24, 2.45) is 0 Å². The average molecular weight is 302 g/mol. The second kappa shape index (κ2) is 4.76. The molecule has 0 saturated heterocycles. The molecule has 1 aliphatic rings. The van der Waals surface area contributed by atoms with E-state index in [1.807, 2.05) is 26.8 Å². The molecule has 2 aromatic rings. The first-order valence-electron chi connectivity index (χ1n) is 7.15. The predicted octanol–water partition coefficient (Wildman–Crippen LogP) is 3.16. The zero-order valence-electron chi connectivity index (χ0n) is 12.8. The number of H-pyrrole nitrogens is 1. The van der Waals surface area contributed by atoms with Gasteiger partial charge in [0.05, 0.1) is 5.69 Å². The fourth-order valence-electron chi connectivity index (χ4n) is 2.73. The van der Waals surface area contributed by atoms with Gasteiger partial charge in [-0.3, -0.25) is 4.90 Å². The number of carboxylic acid groups (broad SMARTS) is 1. The Morgan fingerprint density at radius 1 is 1.32 bits per heavy atom. The summed E-state index contributed by atoms with van der Waals surface area (Å²) in [7, 11) is 0. The molecular formula is C16H18N2O4. The molecule has 22 heavy (non-hydrogen) atoms. The molecule has 6 nitrogen and oxygen atoms in total. The summed E-state index contributed by atoms with van der Waals surface area (Å²) in [4.78, 5) is 27.8. The molecule has 0 atom stereocenters. The molecule has 2 heterocycles. The summed E-state index contributed by atoms with van der Waals surface area (Å²) >= 11 is 0. The number of aromatic amines is 1. The Kier molecular flexibility index (Phi) is 3.12. The molecule has 116 valence electrons. The number of hydrogen-bond acceptors (Lipinski definition) is 3. The molecule has 0 aliphatic carbocycles. The third-order valence-electron chi connectivity index (χ3n) is 3.61. The number of aromatic nitrogens is 1. The van der Waals surface area contributed by atoms with E-state index in [0.717, 1.165) is 22.2 Å². The van der Waals surface area contributed by atoms with Gasteiger partial charge in [0.25, 0.3) is 0 Å². The molecule has 1 amide bonds. The van der Waals surface area contributed by atoms with E-state index in [-0.39, 0.29) is 11.8 Å². The number of ether oxygens (including phenoxy) is 1. The molecule has 0 unspecified atom stereocenters. The van der Waals surface area contributed by atoms with Crippen molar-refractivity contribution in [2.75, 3.05) is 11.4 Å². The standard InChI is InChI=1S/C16H18N2O4/c1-16(2,3)22-15(21)18-7-6-9-10-8-12(14(19)20)17-11(10)4-5-13(9)18/h4-5,8,17H,6-7H2,1-3H3,(H,19,20). The lowest BCUT2D eigenvalue weighted by Gasteiger charge is -2.24. The van der Waals surface area contributed by atoms with E-state index in [2.05, 4.69) is 4.98 Å². The molecule has 0 spiro atoms. The number of aromatic carboxylic acids is 1. The van der Waals surface area contributed by atoms with Crippen molar-refractivity contribution in [3.05, 3.63) is 29.5 Å². The monoisotopic (exact) mass is 302 g/mol. The van der Waals surface area contributed by atoms with Crippen LogP contribution in [0, 0.1) is 0 Å². The van der Waals surface area contributed by atoms with Crippen molar-refractivity contribution in [1.82, 2.24) is 4.98 Å². The van der Waals surface area contributed by atoms with Crippen molar-refractivity contribution < 1.29 is 19.4 Å². The summed E-state index contributed by atoms with van der Waals surface area (Å²) in [5.74, 6) is -0.994. The van der Waals surface area contributed by atoms with Crippen molar-refractivity contribution in [2.45, 2.75) is 32.8 Å². The van der Waals surface area contributed by atoms with Crippen LogP contribution in [-0.2, 0) is 11.2 Å². The smallest absolute Gasteiger partial charge is 0.414 e. The van der Waals surface area contributed by atoms with Gasteiger partial charge >= 0.3 is 12.1 Å². The van der Waals surface area contributed by atoms with Gasteiger partial charge < -0.3 is 14.8 Å². The third-order valence-corrected chi connectivity index (χ3v) is 3.61. The number of nitrogens with one attached hydrogen (secondary N) is 1. The van der Waals surface area contributed by atoms with Crippen LogP contribution in [0.2, 0.25) is 0 Å². The summed E-state index contributed by atoms with van der Waals surface area (Å²) in [6.07, 6.45) is 0.308. The number of nitrogens with zero attached hydrogens (tertiary/aromatic N) is 1. The highest BCUT2D eigenvalue weighted by Crippen LogP contribution is 2.35. The van der Waals surface area contributed by atoms with Gasteiger partial charge in [0.1, 0.15) is 11.3 Å². The number of rotatable bonds is 1. The Bertz CT molecular complexity index is 770. The highest BCUT2D eigenvalue weighted by Gasteiger charge is 2.30. The normalized spacial score (nSPS) is 14.2. The molecule has 0 radical (unpaired) electrons. The Morgan fingerprint density at radius 3 is 2.68 bits per heavy atom. The minimum atomic E-state index is -0.994. The maximum absolute atomic E-state index is 12.3. The largest absolute Gasteiger partial charge is 0.477 e. The fraction of sp³-hybridized carbons (Fsp3) is 0.375. The molecular weight excluding hydrogens is 284 g/mol. The van der Waals surface area contributed by atoms with E-state index in [0.29, 0.717) is 13.0 Å². The lowest BCUT2D eigenvalue weighted by molar-refractivity contribution is 0.0583. The van der Waals surface area contributed by atoms with E-state index in [4.69, 9.17) is 9.84 Å². The summed E-state index contributed by atoms with van der Waals surface area (Å²) < 4.78 is 5.42. The van der Waals surface area contributed by atoms with Crippen molar-refractivity contribution >= 4 is 28.7 Å². The Labute approximate surface area is 127 Å². The Morgan fingerprint density at radius 2 is 2.05 bits per heavy atom. The first-order valence-corrected chi connectivity index (χ1v) is 7.15. The summed E-state index contributed by atoms with van der Waals surface area (Å²) in [6, 6.07) is 5.25. The highest BCUT2D eigenvalue weighted by atomic mass is 16.6. The minimum absolute atomic E-state index is 0.152. The molecule has 3 rings (SSSR count). The Balaban J connectivity index is 2.00. The number of carboxylic acids is 1. The molecule has 1 aliphatic heterocycles. The predicted molar refractivity (Wildman–Crippen MR) is 82.5 cm³/mol. The third kappa shape index (κ3) is 2.41. The molecule has 6 heteroatoms. The lowest BCUT2D eigenvalue weighted by Crippen LogP contribution is -2.35. The molecule has 1 aromatic heterocycles. The van der Waals surface area contributed by atoms with Crippen LogP contribution >= 0.6 is 0 Å². The number of carbonyl (C=O) groups is 2. The molecule has 1 aromatic carbocycles. The lowest BCUT2D eigenvalue weighted by atomic mass is 10.1. The fourth-order valence-corrected chi connectivity index (χ4v) is 2.73. The maximum atomic E-state index is 12.3. The average Bonchev–Trinajstić information content (AvgIpc) is 2.99. The molecule has 0 fully saturated rings. The van der Waals surface area contributed by atoms with E-state index in [9.17, 15) is 9.59 Å². The number of benzene rings is 1. The minimum Gasteiger partial charge on any atom is -0.477 e. The zero-order valence-corrected chi connectivity index (χ0v) is 12.8. The Hall–Kier alpha value is -2.50. The first-order chi connectivity index (χ1) is 10.3. The van der Waals surface area contributed by atoms with E-state index < -0.39 is 11.6 Å². The van der Waals surface area contributed by atoms with Crippen molar-refractivity contribution in [3.8, 4) is 0 Å². The zero-order chi connectivity index (χ0) is 16.1. The van der Waals surface area contributed by atoms with Gasteiger partial charge in [-0.1, -0.05) is 0 Å². The van der Waals surface area contributed by atoms with Crippen LogP contribution in [0.15, 0.2) is 18.2 Å². The van der Waals surface area contributed by atoms with Gasteiger partial charge in [-0.05, 0) is 51.0 Å². The van der Waals surface area contributed by atoms with Gasteiger partial charge in [0.15, 0.2) is 0 Å². The van der Waals surface area contributed by atoms with Crippen LogP contribution in [0.1, 0.15) is 36.8 Å². The summed E-state index contributed by atoms with van der Waals surface area (Å²) in [5.41, 5.74) is 2.14. The summed E-state index contributed by atoms with van der Waals surface area (Å²) in [6.45, 7) is 6.03. The van der Waals surface area contributed by atoms with Crippen molar-refractivity contribution in [3.63, 3.8) is 0 Å². The highest BCUT2D eigenvalue weighted by molar-refractivity contribution is 6.00. The van der Waals surface area contributed by atoms with Crippen LogP contribution in [-0.4, -0.2) is 34.3 Å². The van der Waals surface area contributed by atoms with Gasteiger partial charge in [-0.15, -0.1) is 0 Å². The topological polar surface area (TPSA) is 82.6 Å². The van der Waals surface area contributed by atoms with E-state index >= 15 is 0 Å². The van der Waals surface area contributed by atoms with E-state index in [1.54, 1.807) is 17.0 Å². The van der Waals surface area contributed by atoms with Gasteiger partial charge in [-0.25, -0.2) is 9.59 Å². The van der Waals surface area contributed by atoms with Crippen LogP contribution in [0.3, 0.4) is 0 Å². The van der Waals surface area contributed by atoms with Gasteiger partial charge in [0.2, 0.25) is 0 Å². The van der Waals surface area contributed by atoms with Gasteiger partial charge in [0, 0.05) is 17.4 Å². The van der Waals surface area contributed by atoms with Crippen LogP contribution in [0.4, 0.5) is 10.5 Å². The van der Waals surface area contributed by atoms with Crippen LogP contribution in [0.25, 0.3) is 10.9 Å². The quantitative estimate of drug-likeness (QED) is 0.847. The molecule has 0 saturated carbocycles. The second-order valence-corrected chi connectivity index (χ2v) is 6.39. The number of carbonyl (C=O) groups excluding carboxylic acids is 1. The SMILES string of the molecule is CC(C)(C)OC(=O)N1CCc2c1ccc1[nH]c(C(=O)O)cc21. The summed E-state index contributed by atoms with van der Waals surface area (Å²) in [5, 5.41) is 9.93. The molecule has 2 N–H and O–H groups in total. The van der Waals surface area contributed by atoms with Gasteiger partial charge in [-0.2, -0.15) is 0 Å². The van der Waals surface area contributed by atoms with Crippen LogP contribution < -0.4 is 4.90 Å². The number of hydrogen-bond donors (Lipinski definition) is 2. The first kappa shape index (κ1) is 14.4.